The van der Waals surface area contributed by atoms with E-state index in [1.807, 2.05) is 4.90 Å². The van der Waals surface area contributed by atoms with Crippen LogP contribution in [0.25, 0.3) is 0 Å². The molecule has 3 heterocycles. The summed E-state index contributed by atoms with van der Waals surface area (Å²) in [4.78, 5) is 24.4. The van der Waals surface area contributed by atoms with Crippen LogP contribution in [0.15, 0.2) is 41.5 Å². The van der Waals surface area contributed by atoms with E-state index in [0.717, 1.165) is 16.3 Å². The molecule has 1 aromatic carbocycles. The van der Waals surface area contributed by atoms with Crippen LogP contribution in [-0.2, 0) is 12.7 Å². The van der Waals surface area contributed by atoms with Gasteiger partial charge in [0.25, 0.3) is 0 Å². The Kier molecular flexibility index (Phi) is 5.14. The molecule has 0 unspecified atom stereocenters. The van der Waals surface area contributed by atoms with Crippen LogP contribution in [0.1, 0.15) is 11.4 Å². The zero-order chi connectivity index (χ0) is 21.3. The van der Waals surface area contributed by atoms with Gasteiger partial charge in [-0.1, -0.05) is 0 Å². The fourth-order valence-electron chi connectivity index (χ4n) is 3.20. The van der Waals surface area contributed by atoms with Gasteiger partial charge in [0.15, 0.2) is 5.69 Å². The van der Waals surface area contributed by atoms with Gasteiger partial charge in [-0.15, -0.1) is 0 Å². The minimum atomic E-state index is -4.56. The predicted octanol–water partition coefficient (Wildman–Crippen LogP) is 1.89. The number of hydrogen-bond acceptors (Lipinski definition) is 6. The maximum Gasteiger partial charge on any atom is 0.435 e. The van der Waals surface area contributed by atoms with Crippen molar-refractivity contribution in [3.05, 3.63) is 64.3 Å². The van der Waals surface area contributed by atoms with Gasteiger partial charge in [0.2, 0.25) is 5.95 Å². The molecule has 0 spiro atoms. The van der Waals surface area contributed by atoms with Crippen LogP contribution in [0.3, 0.4) is 0 Å². The molecule has 1 aliphatic heterocycles. The number of anilines is 2. The molecule has 158 valence electrons. The lowest BCUT2D eigenvalue weighted by molar-refractivity contribution is -0.141. The van der Waals surface area contributed by atoms with Crippen LogP contribution >= 0.6 is 0 Å². The lowest BCUT2D eigenvalue weighted by Gasteiger charge is -2.36. The van der Waals surface area contributed by atoms with Crippen molar-refractivity contribution in [3.63, 3.8) is 0 Å². The van der Waals surface area contributed by atoms with E-state index in [-0.39, 0.29) is 24.0 Å². The summed E-state index contributed by atoms with van der Waals surface area (Å²) in [6.45, 7) is 2.27. The van der Waals surface area contributed by atoms with Gasteiger partial charge in [0.1, 0.15) is 12.1 Å². The maximum atomic E-state index is 13.1. The summed E-state index contributed by atoms with van der Waals surface area (Å²) in [6, 6.07) is 7.07. The number of H-pyrrole nitrogens is 1. The van der Waals surface area contributed by atoms with Gasteiger partial charge in [-0.25, -0.2) is 14.2 Å². The van der Waals surface area contributed by atoms with Crippen molar-refractivity contribution in [2.24, 2.45) is 0 Å². The van der Waals surface area contributed by atoms with Gasteiger partial charge < -0.3 is 9.80 Å². The van der Waals surface area contributed by atoms with Crippen LogP contribution in [0.5, 0.6) is 0 Å². The Bertz CT molecular complexity index is 1070. The quantitative estimate of drug-likeness (QED) is 0.646. The molecule has 0 aliphatic carbocycles. The van der Waals surface area contributed by atoms with Crippen LogP contribution in [-0.4, -0.2) is 50.9 Å². The van der Waals surface area contributed by atoms with Crippen molar-refractivity contribution in [2.45, 2.75) is 12.7 Å². The minimum Gasteiger partial charge on any atom is -0.368 e. The third-order valence-electron chi connectivity index (χ3n) is 4.77. The average molecular weight is 423 g/mol. The normalized spacial score (nSPS) is 14.9. The second-order valence-electron chi connectivity index (χ2n) is 6.79. The van der Waals surface area contributed by atoms with E-state index in [1.165, 1.54) is 18.5 Å². The van der Waals surface area contributed by atoms with Gasteiger partial charge in [-0.2, -0.15) is 23.3 Å². The molecular weight excluding hydrogens is 406 g/mol. The molecule has 0 saturated carbocycles. The SMILES string of the molecule is O=c1nc(N2CCN(c3ccc(F)cc3)CC2)ncn1Cc1cc(C(F)(F)F)n[nH]1. The van der Waals surface area contributed by atoms with Gasteiger partial charge in [-0.05, 0) is 30.3 Å². The van der Waals surface area contributed by atoms with E-state index >= 15 is 0 Å². The average Bonchev–Trinajstić information content (AvgIpc) is 3.20. The maximum absolute atomic E-state index is 13.1. The predicted molar refractivity (Wildman–Crippen MR) is 99.8 cm³/mol. The summed E-state index contributed by atoms with van der Waals surface area (Å²) in [5, 5.41) is 5.47. The first-order valence-corrected chi connectivity index (χ1v) is 9.10. The van der Waals surface area contributed by atoms with Crippen molar-refractivity contribution in [1.82, 2.24) is 24.7 Å². The monoisotopic (exact) mass is 423 g/mol. The molecule has 1 saturated heterocycles. The van der Waals surface area contributed by atoms with Crippen molar-refractivity contribution in [3.8, 4) is 0 Å². The fourth-order valence-corrected chi connectivity index (χ4v) is 3.20. The summed E-state index contributed by atoms with van der Waals surface area (Å²) in [5.41, 5.74) is -0.648. The number of aromatic amines is 1. The molecule has 3 aromatic rings. The van der Waals surface area contributed by atoms with Crippen LogP contribution in [0.4, 0.5) is 29.2 Å². The first kappa shape index (κ1) is 19.9. The standard InChI is InChI=1S/C18H17F4N7O/c19-12-1-3-14(4-2-12)27-5-7-28(8-6-27)16-23-11-29(17(30)24-16)10-13-9-15(26-25-13)18(20,21)22/h1-4,9,11H,5-8,10H2,(H,25,26). The molecule has 12 heteroatoms. The Labute approximate surface area is 167 Å². The number of nitrogens with zero attached hydrogens (tertiary/aromatic N) is 6. The van der Waals surface area contributed by atoms with Crippen molar-refractivity contribution in [2.75, 3.05) is 36.0 Å². The lowest BCUT2D eigenvalue weighted by atomic mass is 10.2. The Morgan fingerprint density at radius 3 is 2.30 bits per heavy atom. The number of hydrogen-bond donors (Lipinski definition) is 1. The first-order chi connectivity index (χ1) is 14.3. The zero-order valence-electron chi connectivity index (χ0n) is 15.6. The fraction of sp³-hybridized carbons (Fsp3) is 0.333. The van der Waals surface area contributed by atoms with Crippen LogP contribution in [0.2, 0.25) is 0 Å². The molecule has 8 nitrogen and oxygen atoms in total. The first-order valence-electron chi connectivity index (χ1n) is 9.10. The highest BCUT2D eigenvalue weighted by Gasteiger charge is 2.33. The highest BCUT2D eigenvalue weighted by Crippen LogP contribution is 2.27. The van der Waals surface area contributed by atoms with Crippen LogP contribution in [0, 0.1) is 5.82 Å². The summed E-state index contributed by atoms with van der Waals surface area (Å²) in [7, 11) is 0. The van der Waals surface area contributed by atoms with Gasteiger partial charge in [-0.3, -0.25) is 9.67 Å². The van der Waals surface area contributed by atoms with E-state index in [1.54, 1.807) is 12.1 Å². The molecule has 30 heavy (non-hydrogen) atoms. The molecular formula is C18H17F4N7O. The number of nitrogens with one attached hydrogen (secondary N) is 1. The third kappa shape index (κ3) is 4.26. The second-order valence-corrected chi connectivity index (χ2v) is 6.79. The second kappa shape index (κ2) is 7.76. The Morgan fingerprint density at radius 1 is 1.03 bits per heavy atom. The zero-order valence-corrected chi connectivity index (χ0v) is 15.6. The molecule has 2 aromatic heterocycles. The smallest absolute Gasteiger partial charge is 0.368 e. The van der Waals surface area contributed by atoms with Gasteiger partial charge in [0.05, 0.1) is 12.2 Å². The number of alkyl halides is 3. The molecule has 0 radical (unpaired) electrons. The largest absolute Gasteiger partial charge is 0.435 e. The number of aromatic nitrogens is 5. The van der Waals surface area contributed by atoms with Crippen molar-refractivity contribution >= 4 is 11.6 Å². The lowest BCUT2D eigenvalue weighted by Crippen LogP contribution is -2.47. The van der Waals surface area contributed by atoms with E-state index in [0.29, 0.717) is 26.2 Å². The number of halogens is 4. The van der Waals surface area contributed by atoms with Gasteiger partial charge in [0, 0.05) is 31.9 Å². The highest BCUT2D eigenvalue weighted by atomic mass is 19.4. The number of piperazine rings is 1. The number of benzene rings is 1. The summed E-state index contributed by atoms with van der Waals surface area (Å²) < 4.78 is 52.1. The molecule has 0 amide bonds. The molecule has 1 aliphatic rings. The number of rotatable bonds is 4. The Balaban J connectivity index is 1.40. The molecule has 1 fully saturated rings. The van der Waals surface area contributed by atoms with E-state index in [4.69, 9.17) is 0 Å². The van der Waals surface area contributed by atoms with Crippen molar-refractivity contribution in [1.29, 1.82) is 0 Å². The Hall–Kier alpha value is -3.44. The van der Waals surface area contributed by atoms with Crippen LogP contribution < -0.4 is 15.5 Å². The van der Waals surface area contributed by atoms with E-state index < -0.39 is 17.6 Å². The third-order valence-corrected chi connectivity index (χ3v) is 4.77. The van der Waals surface area contributed by atoms with Crippen molar-refractivity contribution < 1.29 is 17.6 Å². The van der Waals surface area contributed by atoms with E-state index in [9.17, 15) is 22.4 Å². The summed E-state index contributed by atoms with van der Waals surface area (Å²) in [5.74, 6) is -0.0355. The molecule has 4 rings (SSSR count). The molecule has 0 bridgehead atoms. The molecule has 0 atom stereocenters. The minimum absolute atomic E-state index is 0.119. The summed E-state index contributed by atoms with van der Waals surface area (Å²) >= 11 is 0. The molecule has 1 N–H and O–H groups in total. The highest BCUT2D eigenvalue weighted by molar-refractivity contribution is 5.48. The van der Waals surface area contributed by atoms with Gasteiger partial charge >= 0.3 is 11.9 Å². The topological polar surface area (TPSA) is 82.9 Å². The van der Waals surface area contributed by atoms with E-state index in [2.05, 4.69) is 25.1 Å². The Morgan fingerprint density at radius 2 is 1.70 bits per heavy atom. The summed E-state index contributed by atoms with van der Waals surface area (Å²) in [6.07, 6.45) is -3.30.